The van der Waals surface area contributed by atoms with Crippen LogP contribution in [-0.4, -0.2) is 34.2 Å². The molecule has 0 aromatic heterocycles. The molecule has 1 aliphatic heterocycles. The molecule has 0 spiro atoms. The molecule has 0 bridgehead atoms. The van der Waals surface area contributed by atoms with Crippen LogP contribution in [0, 0.1) is 0 Å². The Kier molecular flexibility index (Phi) is 4.06. The summed E-state index contributed by atoms with van der Waals surface area (Å²) in [5.74, 6) is -0.0204. The summed E-state index contributed by atoms with van der Waals surface area (Å²) >= 11 is 0. The minimum Gasteiger partial charge on any atom is -0.444 e. The second kappa shape index (κ2) is 5.63. The van der Waals surface area contributed by atoms with Gasteiger partial charge in [0, 0.05) is 6.54 Å². The van der Waals surface area contributed by atoms with Gasteiger partial charge in [-0.2, -0.15) is 0 Å². The van der Waals surface area contributed by atoms with Crippen molar-refractivity contribution in [3.05, 3.63) is 35.4 Å². The molecule has 2 rings (SSSR count). The second-order valence-electron chi connectivity index (χ2n) is 6.05. The molecule has 21 heavy (non-hydrogen) atoms. The van der Waals surface area contributed by atoms with Crippen molar-refractivity contribution in [1.29, 1.82) is 0 Å². The largest absolute Gasteiger partial charge is 0.444 e. The lowest BCUT2D eigenvalue weighted by atomic mass is 9.92. The maximum absolute atomic E-state index is 12.4. The topological polar surface area (TPSA) is 88.2 Å². The first-order valence-corrected chi connectivity index (χ1v) is 6.88. The third-order valence-corrected chi connectivity index (χ3v) is 3.31. The first-order valence-electron chi connectivity index (χ1n) is 6.88. The fourth-order valence-electron chi connectivity index (χ4n) is 2.46. The molecule has 0 aliphatic carbocycles. The number of amides is 1. The van der Waals surface area contributed by atoms with Gasteiger partial charge in [0.1, 0.15) is 11.6 Å². The molecule has 0 fully saturated rings. The molecule has 114 valence electrons. The fraction of sp³-hybridized carbons (Fsp3) is 0.467. The van der Waals surface area contributed by atoms with E-state index < -0.39 is 17.7 Å². The van der Waals surface area contributed by atoms with Crippen molar-refractivity contribution >= 4 is 11.9 Å². The molecule has 6 nitrogen and oxygen atoms in total. The Morgan fingerprint density at radius 1 is 1.43 bits per heavy atom. The Bertz CT molecular complexity index is 564. The predicted octanol–water partition coefficient (Wildman–Crippen LogP) is 2.27. The number of nitrogens with two attached hydrogens (primary N) is 1. The zero-order chi connectivity index (χ0) is 15.6. The number of ether oxygens (including phenoxy) is 1. The second-order valence-corrected chi connectivity index (χ2v) is 6.05. The minimum absolute atomic E-state index is 0.0204. The third kappa shape index (κ3) is 3.26. The lowest BCUT2D eigenvalue weighted by Gasteiger charge is -2.37. The molecule has 1 amide bonds. The molecule has 1 aromatic carbocycles. The van der Waals surface area contributed by atoms with E-state index in [1.807, 2.05) is 24.3 Å². The summed E-state index contributed by atoms with van der Waals surface area (Å²) in [6.07, 6.45) is 0.249. The number of nitrogens with zero attached hydrogens (tertiary/aromatic N) is 2. The van der Waals surface area contributed by atoms with Gasteiger partial charge in [-0.05, 0) is 38.3 Å². The van der Waals surface area contributed by atoms with Crippen molar-refractivity contribution in [2.45, 2.75) is 38.8 Å². The first-order chi connectivity index (χ1) is 9.83. The highest BCUT2D eigenvalue weighted by molar-refractivity contribution is 5.90. The Hall–Kier alpha value is -2.24. The van der Waals surface area contributed by atoms with E-state index in [1.165, 1.54) is 4.90 Å². The van der Waals surface area contributed by atoms with Crippen molar-refractivity contribution in [2.75, 3.05) is 6.54 Å². The van der Waals surface area contributed by atoms with E-state index in [-0.39, 0.29) is 5.84 Å². The summed E-state index contributed by atoms with van der Waals surface area (Å²) in [6.45, 7) is 5.89. The highest BCUT2D eigenvalue weighted by Crippen LogP contribution is 2.31. The van der Waals surface area contributed by atoms with Crippen LogP contribution in [0.3, 0.4) is 0 Å². The quantitative estimate of drug-likeness (QED) is 0.359. The normalized spacial score (nSPS) is 19.1. The van der Waals surface area contributed by atoms with Gasteiger partial charge in [0.25, 0.3) is 0 Å². The van der Waals surface area contributed by atoms with Gasteiger partial charge in [0.15, 0.2) is 5.84 Å². The van der Waals surface area contributed by atoms with Crippen LogP contribution < -0.4 is 5.73 Å². The van der Waals surface area contributed by atoms with E-state index in [0.717, 1.165) is 11.1 Å². The van der Waals surface area contributed by atoms with E-state index in [2.05, 4.69) is 5.16 Å². The van der Waals surface area contributed by atoms with Crippen LogP contribution in [0.25, 0.3) is 0 Å². The van der Waals surface area contributed by atoms with Crippen molar-refractivity contribution < 1.29 is 14.7 Å². The van der Waals surface area contributed by atoms with Crippen molar-refractivity contribution in [3.63, 3.8) is 0 Å². The number of benzene rings is 1. The molecule has 1 atom stereocenters. The van der Waals surface area contributed by atoms with Crippen LogP contribution in [0.4, 0.5) is 4.79 Å². The van der Waals surface area contributed by atoms with Gasteiger partial charge in [0.05, 0.1) is 0 Å². The van der Waals surface area contributed by atoms with Gasteiger partial charge in [-0.3, -0.25) is 4.90 Å². The predicted molar refractivity (Wildman–Crippen MR) is 79.2 cm³/mol. The average Bonchev–Trinajstić information content (AvgIpc) is 2.43. The zero-order valence-corrected chi connectivity index (χ0v) is 12.5. The number of fused-ring (bicyclic) bond motifs is 1. The zero-order valence-electron chi connectivity index (χ0n) is 12.5. The van der Waals surface area contributed by atoms with E-state index in [1.54, 1.807) is 20.8 Å². The first kappa shape index (κ1) is 15.2. The maximum atomic E-state index is 12.4. The summed E-state index contributed by atoms with van der Waals surface area (Å²) in [4.78, 5) is 13.9. The molecular formula is C15H21N3O3. The van der Waals surface area contributed by atoms with Crippen LogP contribution in [0.15, 0.2) is 29.4 Å². The number of carbonyl (C=O) groups excluding carboxylic acids is 1. The lowest BCUT2D eigenvalue weighted by molar-refractivity contribution is 0.0196. The molecular weight excluding hydrogens is 270 g/mol. The van der Waals surface area contributed by atoms with Crippen molar-refractivity contribution in [2.24, 2.45) is 10.9 Å². The van der Waals surface area contributed by atoms with Gasteiger partial charge < -0.3 is 15.7 Å². The van der Waals surface area contributed by atoms with Crippen LogP contribution in [-0.2, 0) is 11.2 Å². The molecule has 0 saturated carbocycles. The number of hydrogen-bond acceptors (Lipinski definition) is 4. The van der Waals surface area contributed by atoms with Crippen LogP contribution in [0.2, 0.25) is 0 Å². The highest BCUT2D eigenvalue weighted by atomic mass is 16.6. The van der Waals surface area contributed by atoms with Crippen molar-refractivity contribution in [3.8, 4) is 0 Å². The molecule has 3 N–H and O–H groups in total. The Morgan fingerprint density at radius 3 is 2.71 bits per heavy atom. The molecule has 1 heterocycles. The van der Waals surface area contributed by atoms with E-state index in [4.69, 9.17) is 15.7 Å². The number of oxime groups is 1. The minimum atomic E-state index is -0.602. The van der Waals surface area contributed by atoms with E-state index >= 15 is 0 Å². The van der Waals surface area contributed by atoms with Gasteiger partial charge in [0.2, 0.25) is 0 Å². The van der Waals surface area contributed by atoms with Gasteiger partial charge >= 0.3 is 6.09 Å². The summed E-state index contributed by atoms with van der Waals surface area (Å²) in [7, 11) is 0. The summed E-state index contributed by atoms with van der Waals surface area (Å²) in [5.41, 5.74) is 7.17. The molecule has 1 unspecified atom stereocenters. The lowest BCUT2D eigenvalue weighted by Crippen LogP contribution is -2.47. The molecule has 1 aromatic rings. The number of hydrogen-bond donors (Lipinski definition) is 2. The SMILES string of the molecule is CC(C)(C)OC(=O)N1CCc2ccccc2C1/C(N)=N\O. The van der Waals surface area contributed by atoms with Crippen LogP contribution >= 0.6 is 0 Å². The smallest absolute Gasteiger partial charge is 0.411 e. The van der Waals surface area contributed by atoms with Gasteiger partial charge in [-0.15, -0.1) is 0 Å². The van der Waals surface area contributed by atoms with Gasteiger partial charge in [-0.25, -0.2) is 4.79 Å². The Labute approximate surface area is 124 Å². The third-order valence-electron chi connectivity index (χ3n) is 3.31. The Balaban J connectivity index is 2.37. The maximum Gasteiger partial charge on any atom is 0.411 e. The standard InChI is InChI=1S/C15H21N3O3/c1-15(2,3)21-14(19)18-9-8-10-6-4-5-7-11(10)12(18)13(16)17-20/h4-7,12,20H,8-9H2,1-3H3,(H2,16,17). The monoisotopic (exact) mass is 291 g/mol. The number of carbonyl (C=O) groups is 1. The van der Waals surface area contributed by atoms with Crippen LogP contribution in [0.5, 0.6) is 0 Å². The fourth-order valence-corrected chi connectivity index (χ4v) is 2.46. The number of rotatable bonds is 1. The molecule has 0 saturated heterocycles. The van der Waals surface area contributed by atoms with Gasteiger partial charge in [-0.1, -0.05) is 29.4 Å². The summed E-state index contributed by atoms with van der Waals surface area (Å²) < 4.78 is 5.41. The highest BCUT2D eigenvalue weighted by Gasteiger charge is 2.36. The average molecular weight is 291 g/mol. The number of amidine groups is 1. The molecule has 0 radical (unpaired) electrons. The molecule has 1 aliphatic rings. The summed E-state index contributed by atoms with van der Waals surface area (Å²) in [6, 6.07) is 7.07. The summed E-state index contributed by atoms with van der Waals surface area (Å²) in [5, 5.41) is 12.1. The molecule has 6 heteroatoms. The van der Waals surface area contributed by atoms with E-state index in [0.29, 0.717) is 13.0 Å². The Morgan fingerprint density at radius 2 is 2.10 bits per heavy atom. The van der Waals surface area contributed by atoms with Crippen molar-refractivity contribution in [1.82, 2.24) is 4.90 Å². The van der Waals surface area contributed by atoms with E-state index in [9.17, 15) is 4.79 Å². The van der Waals surface area contributed by atoms with Crippen LogP contribution in [0.1, 0.15) is 37.9 Å².